The predicted octanol–water partition coefficient (Wildman–Crippen LogP) is 1.61. The van der Waals surface area contributed by atoms with E-state index < -0.39 is 5.60 Å². The number of anilines is 1. The van der Waals surface area contributed by atoms with E-state index in [4.69, 9.17) is 0 Å². The Hall–Kier alpha value is -1.62. The van der Waals surface area contributed by atoms with E-state index in [1.807, 2.05) is 32.9 Å². The Labute approximate surface area is 100 Å². The molecule has 0 saturated carbocycles. The van der Waals surface area contributed by atoms with E-state index in [1.165, 1.54) is 6.33 Å². The van der Waals surface area contributed by atoms with Crippen LogP contribution in [0.3, 0.4) is 0 Å². The standard InChI is InChI=1S/C12H18N4O/c1-4-12(3,17)7-13-10-5-9(2)6-11-14-8-15-16(10)11/h5-6,8,13,17H,4,7H2,1-3H3. The van der Waals surface area contributed by atoms with Crippen LogP contribution in [-0.2, 0) is 0 Å². The highest BCUT2D eigenvalue weighted by atomic mass is 16.3. The Morgan fingerprint density at radius 3 is 2.94 bits per heavy atom. The van der Waals surface area contributed by atoms with Crippen molar-refractivity contribution in [3.8, 4) is 0 Å². The second-order valence-corrected chi connectivity index (χ2v) is 4.65. The summed E-state index contributed by atoms with van der Waals surface area (Å²) in [5, 5.41) is 17.3. The SMILES string of the molecule is CCC(C)(O)CNc1cc(C)cc2ncnn12. The van der Waals surface area contributed by atoms with Gasteiger partial charge in [0, 0.05) is 6.54 Å². The number of fused-ring (bicyclic) bond motifs is 1. The summed E-state index contributed by atoms with van der Waals surface area (Å²) in [7, 11) is 0. The minimum absolute atomic E-state index is 0.488. The zero-order valence-electron chi connectivity index (χ0n) is 10.4. The number of hydrogen-bond acceptors (Lipinski definition) is 4. The highest BCUT2D eigenvalue weighted by Crippen LogP contribution is 2.15. The van der Waals surface area contributed by atoms with Crippen LogP contribution in [0.25, 0.3) is 5.65 Å². The molecule has 0 aliphatic rings. The van der Waals surface area contributed by atoms with Gasteiger partial charge in [-0.1, -0.05) is 6.92 Å². The summed E-state index contributed by atoms with van der Waals surface area (Å²) in [6.07, 6.45) is 2.23. The summed E-state index contributed by atoms with van der Waals surface area (Å²) < 4.78 is 1.73. The van der Waals surface area contributed by atoms with E-state index in [2.05, 4.69) is 15.4 Å². The van der Waals surface area contributed by atoms with Gasteiger partial charge in [-0.2, -0.15) is 9.61 Å². The first kappa shape index (κ1) is 11.9. The molecule has 0 aliphatic heterocycles. The summed E-state index contributed by atoms with van der Waals surface area (Å²) in [6.45, 7) is 6.27. The van der Waals surface area contributed by atoms with Crippen molar-refractivity contribution < 1.29 is 5.11 Å². The van der Waals surface area contributed by atoms with E-state index in [1.54, 1.807) is 4.52 Å². The second-order valence-electron chi connectivity index (χ2n) is 4.65. The van der Waals surface area contributed by atoms with Crippen LogP contribution >= 0.6 is 0 Å². The van der Waals surface area contributed by atoms with Gasteiger partial charge < -0.3 is 10.4 Å². The molecule has 2 rings (SSSR count). The lowest BCUT2D eigenvalue weighted by molar-refractivity contribution is 0.0696. The lowest BCUT2D eigenvalue weighted by atomic mass is 10.0. The van der Waals surface area contributed by atoms with E-state index in [0.717, 1.165) is 17.0 Å². The lowest BCUT2D eigenvalue weighted by Crippen LogP contribution is -2.33. The summed E-state index contributed by atoms with van der Waals surface area (Å²) in [4.78, 5) is 4.15. The highest BCUT2D eigenvalue weighted by molar-refractivity contribution is 5.51. The summed E-state index contributed by atoms with van der Waals surface area (Å²) in [6, 6.07) is 3.96. The monoisotopic (exact) mass is 234 g/mol. The predicted molar refractivity (Wildman–Crippen MR) is 67.1 cm³/mol. The lowest BCUT2D eigenvalue weighted by Gasteiger charge is -2.22. The van der Waals surface area contributed by atoms with Crippen molar-refractivity contribution in [1.82, 2.24) is 14.6 Å². The van der Waals surface area contributed by atoms with Gasteiger partial charge in [0.15, 0.2) is 5.65 Å². The zero-order chi connectivity index (χ0) is 12.5. The molecule has 2 N–H and O–H groups in total. The maximum atomic E-state index is 9.97. The van der Waals surface area contributed by atoms with Crippen LogP contribution in [-0.4, -0.2) is 31.9 Å². The van der Waals surface area contributed by atoms with Crippen molar-refractivity contribution in [2.75, 3.05) is 11.9 Å². The minimum atomic E-state index is -0.712. The van der Waals surface area contributed by atoms with Gasteiger partial charge in [0.05, 0.1) is 5.60 Å². The number of pyridine rings is 1. The number of aromatic nitrogens is 3. The van der Waals surface area contributed by atoms with Crippen molar-refractivity contribution >= 4 is 11.5 Å². The molecule has 0 amide bonds. The number of nitrogens with one attached hydrogen (secondary N) is 1. The van der Waals surface area contributed by atoms with E-state index in [-0.39, 0.29) is 0 Å². The van der Waals surface area contributed by atoms with Crippen LogP contribution in [0.2, 0.25) is 0 Å². The van der Waals surface area contributed by atoms with Gasteiger partial charge in [-0.3, -0.25) is 0 Å². The van der Waals surface area contributed by atoms with Gasteiger partial charge in [0.2, 0.25) is 0 Å². The Balaban J connectivity index is 2.26. The Morgan fingerprint density at radius 2 is 2.24 bits per heavy atom. The van der Waals surface area contributed by atoms with Gasteiger partial charge in [-0.05, 0) is 38.0 Å². The Morgan fingerprint density at radius 1 is 1.47 bits per heavy atom. The van der Waals surface area contributed by atoms with Gasteiger partial charge in [0.25, 0.3) is 0 Å². The van der Waals surface area contributed by atoms with Crippen LogP contribution in [0.15, 0.2) is 18.5 Å². The molecule has 5 nitrogen and oxygen atoms in total. The van der Waals surface area contributed by atoms with Crippen molar-refractivity contribution in [2.24, 2.45) is 0 Å². The molecule has 17 heavy (non-hydrogen) atoms. The highest BCUT2D eigenvalue weighted by Gasteiger charge is 2.17. The van der Waals surface area contributed by atoms with Crippen molar-refractivity contribution in [2.45, 2.75) is 32.8 Å². The molecule has 0 saturated heterocycles. The smallest absolute Gasteiger partial charge is 0.157 e. The van der Waals surface area contributed by atoms with Crippen molar-refractivity contribution in [3.05, 3.63) is 24.0 Å². The molecule has 1 unspecified atom stereocenters. The third-order valence-electron chi connectivity index (χ3n) is 2.94. The van der Waals surface area contributed by atoms with Gasteiger partial charge in [-0.25, -0.2) is 4.98 Å². The fourth-order valence-corrected chi connectivity index (χ4v) is 1.59. The fourth-order valence-electron chi connectivity index (χ4n) is 1.59. The summed E-state index contributed by atoms with van der Waals surface area (Å²) >= 11 is 0. The average molecular weight is 234 g/mol. The minimum Gasteiger partial charge on any atom is -0.388 e. The van der Waals surface area contributed by atoms with Crippen molar-refractivity contribution in [1.29, 1.82) is 0 Å². The molecule has 0 bridgehead atoms. The quantitative estimate of drug-likeness (QED) is 0.843. The first-order valence-electron chi connectivity index (χ1n) is 5.78. The largest absolute Gasteiger partial charge is 0.388 e. The topological polar surface area (TPSA) is 62.5 Å². The normalized spacial score (nSPS) is 14.8. The van der Waals surface area contributed by atoms with E-state index in [0.29, 0.717) is 13.0 Å². The third kappa shape index (κ3) is 2.55. The summed E-state index contributed by atoms with van der Waals surface area (Å²) in [5.41, 5.74) is 1.21. The Kier molecular flexibility index (Phi) is 3.02. The first-order valence-corrected chi connectivity index (χ1v) is 5.78. The number of aryl methyl sites for hydroxylation is 1. The van der Waals surface area contributed by atoms with E-state index >= 15 is 0 Å². The molecule has 2 heterocycles. The number of nitrogens with zero attached hydrogens (tertiary/aromatic N) is 3. The van der Waals surface area contributed by atoms with Crippen molar-refractivity contribution in [3.63, 3.8) is 0 Å². The molecular formula is C12H18N4O. The van der Waals surface area contributed by atoms with E-state index in [9.17, 15) is 5.11 Å². The average Bonchev–Trinajstić information content (AvgIpc) is 2.73. The number of aliphatic hydroxyl groups is 1. The molecule has 0 aromatic carbocycles. The van der Waals surface area contributed by atoms with Gasteiger partial charge >= 0.3 is 0 Å². The molecule has 2 aromatic rings. The third-order valence-corrected chi connectivity index (χ3v) is 2.94. The molecule has 5 heteroatoms. The maximum Gasteiger partial charge on any atom is 0.157 e. The van der Waals surface area contributed by atoms with Gasteiger partial charge in [-0.15, -0.1) is 0 Å². The molecule has 0 fully saturated rings. The Bertz CT molecular complexity index is 518. The van der Waals surface area contributed by atoms with Crippen LogP contribution in [0.4, 0.5) is 5.82 Å². The van der Waals surface area contributed by atoms with Gasteiger partial charge in [0.1, 0.15) is 12.1 Å². The molecule has 1 atom stereocenters. The molecule has 2 aromatic heterocycles. The summed E-state index contributed by atoms with van der Waals surface area (Å²) in [5.74, 6) is 0.853. The van der Waals surface area contributed by atoms with Crippen LogP contribution < -0.4 is 5.32 Å². The number of hydrogen-bond donors (Lipinski definition) is 2. The second kappa shape index (κ2) is 4.33. The molecule has 0 spiro atoms. The van der Waals surface area contributed by atoms with Crippen LogP contribution in [0.5, 0.6) is 0 Å². The first-order chi connectivity index (χ1) is 8.02. The molecule has 92 valence electrons. The zero-order valence-corrected chi connectivity index (χ0v) is 10.4. The van der Waals surface area contributed by atoms with Crippen LogP contribution in [0.1, 0.15) is 25.8 Å². The molecule has 0 aliphatic carbocycles. The number of rotatable bonds is 4. The fraction of sp³-hybridized carbons (Fsp3) is 0.500. The maximum absolute atomic E-state index is 9.97. The molecular weight excluding hydrogens is 216 g/mol. The molecule has 0 radical (unpaired) electrons. The van der Waals surface area contributed by atoms with Crippen LogP contribution in [0, 0.1) is 6.92 Å².